The first-order valence-corrected chi connectivity index (χ1v) is 9.82. The first-order chi connectivity index (χ1) is 11.6. The minimum absolute atomic E-state index is 0.0810. The topological polar surface area (TPSA) is 38.3 Å². The molecular weight excluding hydrogens is 317 g/mol. The Morgan fingerprint density at radius 3 is 2.38 bits per heavy atom. The third-order valence-corrected chi connectivity index (χ3v) is 6.43. The van der Waals surface area contributed by atoms with E-state index in [0.29, 0.717) is 6.61 Å². The van der Waals surface area contributed by atoms with Crippen molar-refractivity contribution in [2.24, 2.45) is 0 Å². The van der Waals surface area contributed by atoms with E-state index < -0.39 is 7.52 Å². The molecule has 3 aromatic carbocycles. The highest BCUT2D eigenvalue weighted by Gasteiger charge is 2.29. The van der Waals surface area contributed by atoms with Crippen LogP contribution in [0, 0.1) is 0 Å². The molecule has 0 bridgehead atoms. The predicted molar refractivity (Wildman–Crippen MR) is 101 cm³/mol. The van der Waals surface area contributed by atoms with Crippen LogP contribution in [-0.4, -0.2) is 6.61 Å². The van der Waals surface area contributed by atoms with Gasteiger partial charge in [-0.15, -0.1) is 0 Å². The fourth-order valence-corrected chi connectivity index (χ4v) is 5.07. The average Bonchev–Trinajstić information content (AvgIpc) is 2.62. The van der Waals surface area contributed by atoms with E-state index in [1.165, 1.54) is 0 Å². The molecule has 2 atom stereocenters. The summed E-state index contributed by atoms with van der Waals surface area (Å²) >= 11 is 0. The molecule has 0 heterocycles. The van der Waals surface area contributed by atoms with Crippen LogP contribution < -0.4 is 10.4 Å². The van der Waals surface area contributed by atoms with Crippen LogP contribution in [0.3, 0.4) is 0 Å². The third kappa shape index (κ3) is 3.44. The highest BCUT2D eigenvalue weighted by atomic mass is 31.2. The summed E-state index contributed by atoms with van der Waals surface area (Å²) in [6.07, 6.45) is 0. The lowest BCUT2D eigenvalue weighted by Gasteiger charge is -2.25. The summed E-state index contributed by atoms with van der Waals surface area (Å²) in [5.41, 5.74) is 1.08. The molecule has 0 spiro atoms. The van der Waals surface area contributed by atoms with E-state index in [1.54, 1.807) is 0 Å². The molecule has 24 heavy (non-hydrogen) atoms. The van der Waals surface area contributed by atoms with Gasteiger partial charge < -0.3 is 4.52 Å². The van der Waals surface area contributed by atoms with E-state index >= 15 is 0 Å². The van der Waals surface area contributed by atoms with Crippen LogP contribution >= 0.6 is 7.52 Å². The zero-order valence-electron chi connectivity index (χ0n) is 14.0. The fraction of sp³-hybridized carbons (Fsp3) is 0.200. The molecular formula is C20H22NO2P. The van der Waals surface area contributed by atoms with Gasteiger partial charge in [-0.2, -0.15) is 0 Å². The second-order valence-corrected chi connectivity index (χ2v) is 7.83. The van der Waals surface area contributed by atoms with Gasteiger partial charge in [-0.05, 0) is 36.2 Å². The molecule has 4 heteroatoms. The number of rotatable bonds is 6. The second kappa shape index (κ2) is 7.31. The van der Waals surface area contributed by atoms with E-state index in [1.807, 2.05) is 86.6 Å². The quantitative estimate of drug-likeness (QED) is 0.639. The normalized spacial score (nSPS) is 15.1. The molecule has 0 saturated heterocycles. The van der Waals surface area contributed by atoms with Crippen molar-refractivity contribution in [1.29, 1.82) is 0 Å². The smallest absolute Gasteiger partial charge is 0.300 e. The largest absolute Gasteiger partial charge is 0.315 e. The maximum Gasteiger partial charge on any atom is 0.300 e. The van der Waals surface area contributed by atoms with Gasteiger partial charge in [-0.25, -0.2) is 5.09 Å². The maximum absolute atomic E-state index is 13.7. The molecule has 0 aliphatic carbocycles. The van der Waals surface area contributed by atoms with Gasteiger partial charge in [0.1, 0.15) is 0 Å². The molecule has 0 saturated carbocycles. The lowest BCUT2D eigenvalue weighted by molar-refractivity contribution is 0.329. The molecule has 0 aromatic heterocycles. The van der Waals surface area contributed by atoms with Crippen LogP contribution in [0.4, 0.5) is 0 Å². The molecule has 1 unspecified atom stereocenters. The van der Waals surface area contributed by atoms with Crippen LogP contribution in [0.2, 0.25) is 0 Å². The Morgan fingerprint density at radius 1 is 0.958 bits per heavy atom. The van der Waals surface area contributed by atoms with Crippen LogP contribution in [0.15, 0.2) is 72.8 Å². The number of hydrogen-bond donors (Lipinski definition) is 1. The molecule has 0 aliphatic rings. The molecule has 0 amide bonds. The SMILES string of the molecule is CCOP(=O)(N[C@H](C)c1ccccc1)c1cccc2ccccc12. The summed E-state index contributed by atoms with van der Waals surface area (Å²) in [6, 6.07) is 23.7. The van der Waals surface area contributed by atoms with E-state index in [0.717, 1.165) is 21.6 Å². The Hall–Kier alpha value is -1.93. The van der Waals surface area contributed by atoms with E-state index in [4.69, 9.17) is 4.52 Å². The van der Waals surface area contributed by atoms with Crippen molar-refractivity contribution in [3.8, 4) is 0 Å². The first-order valence-electron chi connectivity index (χ1n) is 8.19. The highest BCUT2D eigenvalue weighted by Crippen LogP contribution is 2.45. The minimum Gasteiger partial charge on any atom is -0.315 e. The molecule has 3 nitrogen and oxygen atoms in total. The van der Waals surface area contributed by atoms with Gasteiger partial charge in [0.05, 0.1) is 11.9 Å². The van der Waals surface area contributed by atoms with Crippen molar-refractivity contribution in [2.75, 3.05) is 6.61 Å². The van der Waals surface area contributed by atoms with Crippen molar-refractivity contribution in [3.05, 3.63) is 78.4 Å². The van der Waals surface area contributed by atoms with Crippen LogP contribution in [0.1, 0.15) is 25.5 Å². The summed E-state index contributed by atoms with van der Waals surface area (Å²) < 4.78 is 19.4. The van der Waals surface area contributed by atoms with E-state index in [-0.39, 0.29) is 6.04 Å². The van der Waals surface area contributed by atoms with E-state index in [2.05, 4.69) is 5.09 Å². The third-order valence-electron chi connectivity index (χ3n) is 4.06. The Morgan fingerprint density at radius 2 is 1.62 bits per heavy atom. The molecule has 0 fully saturated rings. The zero-order valence-corrected chi connectivity index (χ0v) is 14.9. The van der Waals surface area contributed by atoms with Crippen LogP contribution in [0.25, 0.3) is 10.8 Å². The Kier molecular flexibility index (Phi) is 5.15. The zero-order chi connectivity index (χ0) is 17.0. The predicted octanol–water partition coefficient (Wildman–Crippen LogP) is 5.05. The summed E-state index contributed by atoms with van der Waals surface area (Å²) in [7, 11) is -3.19. The number of benzene rings is 3. The van der Waals surface area contributed by atoms with Gasteiger partial charge in [0, 0.05) is 6.04 Å². The Bertz CT molecular complexity index is 858. The first kappa shape index (κ1) is 16.9. The van der Waals surface area contributed by atoms with Crippen molar-refractivity contribution in [1.82, 2.24) is 5.09 Å². The molecule has 0 radical (unpaired) electrons. The highest BCUT2D eigenvalue weighted by molar-refractivity contribution is 7.65. The van der Waals surface area contributed by atoms with Gasteiger partial charge in [-0.1, -0.05) is 66.7 Å². The van der Waals surface area contributed by atoms with Gasteiger partial charge in [0.25, 0.3) is 0 Å². The minimum atomic E-state index is -3.19. The monoisotopic (exact) mass is 339 g/mol. The van der Waals surface area contributed by atoms with Gasteiger partial charge >= 0.3 is 7.52 Å². The number of fused-ring (bicyclic) bond motifs is 1. The van der Waals surface area contributed by atoms with Crippen molar-refractivity contribution < 1.29 is 9.09 Å². The molecule has 3 rings (SSSR count). The number of nitrogens with one attached hydrogen (secondary N) is 1. The Labute approximate surface area is 143 Å². The molecule has 0 aliphatic heterocycles. The maximum atomic E-state index is 13.7. The lowest BCUT2D eigenvalue weighted by Crippen LogP contribution is -2.24. The van der Waals surface area contributed by atoms with Gasteiger partial charge in [0.15, 0.2) is 0 Å². The second-order valence-electron chi connectivity index (χ2n) is 5.73. The average molecular weight is 339 g/mol. The molecule has 124 valence electrons. The fourth-order valence-electron chi connectivity index (χ4n) is 2.89. The Balaban J connectivity index is 2.03. The lowest BCUT2D eigenvalue weighted by atomic mass is 10.1. The summed E-state index contributed by atoms with van der Waals surface area (Å²) in [6.45, 7) is 4.26. The van der Waals surface area contributed by atoms with Crippen molar-refractivity contribution in [2.45, 2.75) is 19.9 Å². The van der Waals surface area contributed by atoms with Gasteiger partial charge in [-0.3, -0.25) is 4.57 Å². The van der Waals surface area contributed by atoms with Crippen molar-refractivity contribution in [3.63, 3.8) is 0 Å². The number of hydrogen-bond acceptors (Lipinski definition) is 2. The van der Waals surface area contributed by atoms with Gasteiger partial charge in [0.2, 0.25) is 0 Å². The molecule has 3 aromatic rings. The van der Waals surface area contributed by atoms with Crippen LogP contribution in [0.5, 0.6) is 0 Å². The van der Waals surface area contributed by atoms with E-state index in [9.17, 15) is 4.57 Å². The summed E-state index contributed by atoms with van der Waals surface area (Å²) in [5.74, 6) is 0. The summed E-state index contributed by atoms with van der Waals surface area (Å²) in [5, 5.41) is 6.00. The molecule has 1 N–H and O–H groups in total. The standard InChI is InChI=1S/C20H22NO2P/c1-3-23-24(22,21-16(2)17-10-5-4-6-11-17)20-15-9-13-18-12-7-8-14-19(18)20/h4-16H,3H2,1-2H3,(H,21,22)/t16-,24?/m1/s1. The van der Waals surface area contributed by atoms with Crippen LogP contribution in [-0.2, 0) is 9.09 Å². The summed E-state index contributed by atoms with van der Waals surface area (Å²) in [4.78, 5) is 0. The van der Waals surface area contributed by atoms with Crippen molar-refractivity contribution >= 4 is 23.6 Å².